The molecule has 1 aromatic heterocycles. The zero-order valence-corrected chi connectivity index (χ0v) is 13.8. The fourth-order valence-electron chi connectivity index (χ4n) is 1.95. The molecule has 0 aliphatic rings. The number of benzene rings is 1. The van der Waals surface area contributed by atoms with Gasteiger partial charge in [-0.15, -0.1) is 11.3 Å². The van der Waals surface area contributed by atoms with Crippen LogP contribution in [0.5, 0.6) is 0 Å². The number of nitrogens with one attached hydrogen (secondary N) is 1. The van der Waals surface area contributed by atoms with Crippen molar-refractivity contribution in [1.82, 2.24) is 9.71 Å². The summed E-state index contributed by atoms with van der Waals surface area (Å²) in [7, 11) is -0.338. The Morgan fingerprint density at radius 1 is 1.43 bits per heavy atom. The van der Waals surface area contributed by atoms with E-state index in [1.54, 1.807) is 29.0 Å². The molecule has 0 bridgehead atoms. The maximum atomic E-state index is 12.1. The highest BCUT2D eigenvalue weighted by Gasteiger charge is 2.20. The molecule has 0 aliphatic heterocycles. The third-order valence-electron chi connectivity index (χ3n) is 3.18. The van der Waals surface area contributed by atoms with Crippen molar-refractivity contribution in [3.63, 3.8) is 0 Å². The van der Waals surface area contributed by atoms with E-state index in [4.69, 9.17) is 5.73 Å². The van der Waals surface area contributed by atoms with Gasteiger partial charge in [-0.25, -0.2) is 18.1 Å². The molecular weight excluding hydrogens is 308 g/mol. The molecule has 0 amide bonds. The van der Waals surface area contributed by atoms with Gasteiger partial charge < -0.3 is 10.6 Å². The van der Waals surface area contributed by atoms with E-state index in [0.717, 1.165) is 10.6 Å². The first kappa shape index (κ1) is 15.7. The monoisotopic (exact) mass is 326 g/mol. The van der Waals surface area contributed by atoms with Crippen molar-refractivity contribution in [2.45, 2.75) is 18.4 Å². The van der Waals surface area contributed by atoms with E-state index >= 15 is 0 Å². The number of hydrogen-bond acceptors (Lipinski definition) is 6. The lowest BCUT2D eigenvalue weighted by molar-refractivity contribution is 0.588. The summed E-state index contributed by atoms with van der Waals surface area (Å²) < 4.78 is 26.6. The Kier molecular flexibility index (Phi) is 4.50. The van der Waals surface area contributed by atoms with Gasteiger partial charge in [0.15, 0.2) is 0 Å². The Morgan fingerprint density at radius 3 is 2.71 bits per heavy atom. The first-order chi connectivity index (χ1) is 9.85. The number of rotatable bonds is 5. The number of nitrogens with two attached hydrogens (primary N) is 1. The molecule has 0 unspecified atom stereocenters. The summed E-state index contributed by atoms with van der Waals surface area (Å²) in [6.07, 6.45) is 0. The van der Waals surface area contributed by atoms with Crippen LogP contribution < -0.4 is 15.4 Å². The summed E-state index contributed by atoms with van der Waals surface area (Å²) in [6, 6.07) is 4.88. The second-order valence-corrected chi connectivity index (χ2v) is 7.45. The highest BCUT2D eigenvalue weighted by molar-refractivity contribution is 7.89. The minimum Gasteiger partial charge on any atom is -0.399 e. The van der Waals surface area contributed by atoms with Crippen LogP contribution in [0.2, 0.25) is 0 Å². The molecule has 0 saturated heterocycles. The van der Waals surface area contributed by atoms with Gasteiger partial charge in [0.05, 0.1) is 23.4 Å². The van der Waals surface area contributed by atoms with Crippen molar-refractivity contribution >= 4 is 32.7 Å². The fraction of sp³-hybridized carbons (Fsp3) is 0.308. The number of nitrogen functional groups attached to an aromatic ring is 1. The van der Waals surface area contributed by atoms with Crippen LogP contribution in [0, 0.1) is 6.92 Å². The highest BCUT2D eigenvalue weighted by atomic mass is 32.2. The molecule has 1 aromatic carbocycles. The van der Waals surface area contributed by atoms with E-state index in [9.17, 15) is 8.42 Å². The average Bonchev–Trinajstić information content (AvgIpc) is 2.84. The van der Waals surface area contributed by atoms with Crippen LogP contribution in [-0.4, -0.2) is 27.5 Å². The van der Waals surface area contributed by atoms with Crippen LogP contribution >= 0.6 is 11.3 Å². The molecular formula is C13H18N4O2S2. The molecule has 1 heterocycles. The predicted molar refractivity (Wildman–Crippen MR) is 86.1 cm³/mol. The van der Waals surface area contributed by atoms with Crippen LogP contribution in [0.25, 0.3) is 0 Å². The van der Waals surface area contributed by atoms with Crippen molar-refractivity contribution in [1.29, 1.82) is 0 Å². The zero-order valence-electron chi connectivity index (χ0n) is 12.1. The van der Waals surface area contributed by atoms with E-state index in [1.807, 2.05) is 18.9 Å². The lowest BCUT2D eigenvalue weighted by atomic mass is 10.2. The first-order valence-electron chi connectivity index (χ1n) is 6.28. The summed E-state index contributed by atoms with van der Waals surface area (Å²) >= 11 is 1.55. The average molecular weight is 326 g/mol. The molecule has 0 spiro atoms. The topological polar surface area (TPSA) is 88.3 Å². The summed E-state index contributed by atoms with van der Waals surface area (Å²) in [5, 5.41) is 0. The van der Waals surface area contributed by atoms with Crippen LogP contribution in [-0.2, 0) is 16.6 Å². The lowest BCUT2D eigenvalue weighted by Crippen LogP contribution is -2.24. The van der Waals surface area contributed by atoms with Crippen LogP contribution in [0.4, 0.5) is 11.4 Å². The molecule has 114 valence electrons. The first-order valence-corrected chi connectivity index (χ1v) is 8.64. The molecule has 0 saturated carbocycles. The maximum Gasteiger partial charge on any atom is 0.242 e. The van der Waals surface area contributed by atoms with Gasteiger partial charge in [0.2, 0.25) is 10.0 Å². The molecule has 0 radical (unpaired) electrons. The molecule has 8 heteroatoms. The maximum absolute atomic E-state index is 12.1. The summed E-state index contributed by atoms with van der Waals surface area (Å²) in [5.41, 5.74) is 9.48. The van der Waals surface area contributed by atoms with Gasteiger partial charge >= 0.3 is 0 Å². The molecule has 2 aromatic rings. The SMILES string of the molecule is CNS(=O)(=O)c1cc(N)ccc1N(C)Cc1scnc1C. The highest BCUT2D eigenvalue weighted by Crippen LogP contribution is 2.28. The number of anilines is 2. The molecule has 0 aliphatic carbocycles. The van der Waals surface area contributed by atoms with E-state index in [-0.39, 0.29) is 4.90 Å². The Morgan fingerprint density at radius 2 is 2.14 bits per heavy atom. The summed E-state index contributed by atoms with van der Waals surface area (Å²) in [4.78, 5) is 7.36. The van der Waals surface area contributed by atoms with Gasteiger partial charge in [0.1, 0.15) is 4.90 Å². The number of aromatic nitrogens is 1. The quantitative estimate of drug-likeness (QED) is 0.814. The van der Waals surface area contributed by atoms with E-state index in [2.05, 4.69) is 9.71 Å². The summed E-state index contributed by atoms with van der Waals surface area (Å²) in [5.74, 6) is 0. The number of sulfonamides is 1. The Hall–Kier alpha value is -1.64. The molecule has 3 N–H and O–H groups in total. The Balaban J connectivity index is 2.42. The van der Waals surface area contributed by atoms with E-state index < -0.39 is 10.0 Å². The lowest BCUT2D eigenvalue weighted by Gasteiger charge is -2.22. The summed E-state index contributed by atoms with van der Waals surface area (Å²) in [6.45, 7) is 2.53. The standard InChI is InChI=1S/C13H18N4O2S2/c1-9-12(20-8-16-9)7-17(3)11-5-4-10(14)6-13(11)21(18,19)15-2/h4-6,8,15H,7,14H2,1-3H3. The molecule has 6 nitrogen and oxygen atoms in total. The third kappa shape index (κ3) is 3.34. The van der Waals surface area contributed by atoms with E-state index in [1.165, 1.54) is 13.1 Å². The molecule has 0 atom stereocenters. The Labute approximate surface area is 128 Å². The largest absolute Gasteiger partial charge is 0.399 e. The molecule has 21 heavy (non-hydrogen) atoms. The second kappa shape index (κ2) is 6.00. The van der Waals surface area contributed by atoms with Crippen LogP contribution in [0.3, 0.4) is 0 Å². The number of aryl methyl sites for hydroxylation is 1. The van der Waals surface area contributed by atoms with Crippen molar-refractivity contribution in [3.8, 4) is 0 Å². The van der Waals surface area contributed by atoms with Crippen molar-refractivity contribution in [2.75, 3.05) is 24.7 Å². The van der Waals surface area contributed by atoms with Gasteiger partial charge in [-0.05, 0) is 32.2 Å². The van der Waals surface area contributed by atoms with Gasteiger partial charge in [0, 0.05) is 17.6 Å². The third-order valence-corrected chi connectivity index (χ3v) is 5.54. The minimum absolute atomic E-state index is 0.176. The van der Waals surface area contributed by atoms with Gasteiger partial charge in [-0.2, -0.15) is 0 Å². The number of hydrogen-bond donors (Lipinski definition) is 2. The minimum atomic E-state index is -3.57. The smallest absolute Gasteiger partial charge is 0.242 e. The number of nitrogens with zero attached hydrogens (tertiary/aromatic N) is 2. The van der Waals surface area contributed by atoms with Gasteiger partial charge in [0.25, 0.3) is 0 Å². The van der Waals surface area contributed by atoms with Gasteiger partial charge in [-0.3, -0.25) is 0 Å². The number of thiazole rings is 1. The normalized spacial score (nSPS) is 11.6. The molecule has 2 rings (SSSR count). The second-order valence-electron chi connectivity index (χ2n) is 4.65. The van der Waals surface area contributed by atoms with E-state index in [0.29, 0.717) is 17.9 Å². The van der Waals surface area contributed by atoms with Gasteiger partial charge in [-0.1, -0.05) is 0 Å². The van der Waals surface area contributed by atoms with Crippen molar-refractivity contribution in [2.24, 2.45) is 0 Å². The van der Waals surface area contributed by atoms with Crippen molar-refractivity contribution in [3.05, 3.63) is 34.3 Å². The van der Waals surface area contributed by atoms with Crippen molar-refractivity contribution < 1.29 is 8.42 Å². The van der Waals surface area contributed by atoms with Crippen LogP contribution in [0.15, 0.2) is 28.6 Å². The van der Waals surface area contributed by atoms with Crippen LogP contribution in [0.1, 0.15) is 10.6 Å². The molecule has 0 fully saturated rings. The fourth-order valence-corrected chi connectivity index (χ4v) is 3.79. The predicted octanol–water partition coefficient (Wildman–Crippen LogP) is 1.58. The Bertz CT molecular complexity index is 740. The zero-order chi connectivity index (χ0) is 15.6.